The largest absolute Gasteiger partial charge is 0.494 e. The lowest BCUT2D eigenvalue weighted by Crippen LogP contribution is -2.38. The Morgan fingerprint density at radius 3 is 2.33 bits per heavy atom. The maximum atomic E-state index is 13.2. The van der Waals surface area contributed by atoms with Crippen molar-refractivity contribution in [2.75, 3.05) is 18.9 Å². The number of aromatic nitrogens is 1. The Kier molecular flexibility index (Phi) is 8.97. The summed E-state index contributed by atoms with van der Waals surface area (Å²) in [6.07, 6.45) is 1.17. The molecular weight excluding hydrogens is 465 g/mol. The summed E-state index contributed by atoms with van der Waals surface area (Å²) in [5, 5.41) is 12.3. The van der Waals surface area contributed by atoms with Gasteiger partial charge in [-0.25, -0.2) is 4.39 Å². The first-order valence-electron chi connectivity index (χ1n) is 11.7. The maximum Gasteiger partial charge on any atom is 0.320 e. The number of ether oxygens (including phenoxy) is 1. The molecule has 0 bridgehead atoms. The SMILES string of the molecule is CC(C)CC(NCCCOc1ccc(-n2c(N)c(C(=O)c3ccc(F)cc3)ccc2=O)cc1)C(=O)O. The molecule has 0 amide bonds. The second-order valence-corrected chi connectivity index (χ2v) is 8.81. The van der Waals surface area contributed by atoms with Gasteiger partial charge in [0.25, 0.3) is 5.56 Å². The smallest absolute Gasteiger partial charge is 0.320 e. The van der Waals surface area contributed by atoms with Crippen molar-refractivity contribution in [2.24, 2.45) is 5.92 Å². The molecule has 3 aromatic rings. The van der Waals surface area contributed by atoms with Gasteiger partial charge in [-0.05, 0) is 79.9 Å². The van der Waals surface area contributed by atoms with Crippen LogP contribution in [0, 0.1) is 11.7 Å². The summed E-state index contributed by atoms with van der Waals surface area (Å²) in [5.41, 5.74) is 6.64. The Morgan fingerprint density at radius 2 is 1.72 bits per heavy atom. The van der Waals surface area contributed by atoms with Crippen molar-refractivity contribution >= 4 is 17.6 Å². The molecule has 1 heterocycles. The van der Waals surface area contributed by atoms with E-state index in [4.69, 9.17) is 10.5 Å². The summed E-state index contributed by atoms with van der Waals surface area (Å²) < 4.78 is 20.2. The zero-order valence-corrected chi connectivity index (χ0v) is 20.2. The zero-order chi connectivity index (χ0) is 26.2. The Hall–Kier alpha value is -3.98. The third-order valence-electron chi connectivity index (χ3n) is 5.56. The van der Waals surface area contributed by atoms with Crippen molar-refractivity contribution in [3.8, 4) is 11.4 Å². The molecule has 8 nitrogen and oxygen atoms in total. The van der Waals surface area contributed by atoms with Gasteiger partial charge in [-0.3, -0.25) is 19.0 Å². The molecule has 0 saturated carbocycles. The van der Waals surface area contributed by atoms with Crippen LogP contribution in [0.5, 0.6) is 5.75 Å². The highest BCUT2D eigenvalue weighted by Crippen LogP contribution is 2.21. The topological polar surface area (TPSA) is 124 Å². The number of nitrogens with one attached hydrogen (secondary N) is 1. The summed E-state index contributed by atoms with van der Waals surface area (Å²) in [7, 11) is 0. The predicted octanol–water partition coefficient (Wildman–Crippen LogP) is 3.65. The fraction of sp³-hybridized carbons (Fsp3) is 0.296. The van der Waals surface area contributed by atoms with Crippen LogP contribution in [0.15, 0.2) is 65.5 Å². The molecule has 0 aliphatic heterocycles. The number of nitrogens with two attached hydrogens (primary N) is 1. The number of carbonyl (C=O) groups is 2. The van der Waals surface area contributed by atoms with E-state index in [1.807, 2.05) is 13.8 Å². The number of ketones is 1. The van der Waals surface area contributed by atoms with E-state index in [1.54, 1.807) is 24.3 Å². The average molecular weight is 496 g/mol. The number of carboxylic acids is 1. The summed E-state index contributed by atoms with van der Waals surface area (Å²) >= 11 is 0. The summed E-state index contributed by atoms with van der Waals surface area (Å²) in [5.74, 6) is -0.923. The van der Waals surface area contributed by atoms with E-state index >= 15 is 0 Å². The molecule has 1 unspecified atom stereocenters. The molecule has 3 rings (SSSR count). The van der Waals surface area contributed by atoms with Crippen LogP contribution in [0.25, 0.3) is 5.69 Å². The van der Waals surface area contributed by atoms with Crippen LogP contribution in [-0.4, -0.2) is 40.6 Å². The van der Waals surface area contributed by atoms with E-state index in [1.165, 1.54) is 41.0 Å². The van der Waals surface area contributed by atoms with Crippen LogP contribution in [0.1, 0.15) is 42.6 Å². The van der Waals surface area contributed by atoms with Crippen LogP contribution in [0.3, 0.4) is 0 Å². The number of rotatable bonds is 12. The van der Waals surface area contributed by atoms with Crippen molar-refractivity contribution in [3.63, 3.8) is 0 Å². The number of nitrogens with zero attached hydrogens (tertiary/aromatic N) is 1. The van der Waals surface area contributed by atoms with Gasteiger partial charge in [-0.2, -0.15) is 0 Å². The highest BCUT2D eigenvalue weighted by Gasteiger charge is 2.18. The molecule has 9 heteroatoms. The van der Waals surface area contributed by atoms with Gasteiger partial charge in [-0.1, -0.05) is 13.8 Å². The molecule has 0 fully saturated rings. The molecule has 1 aromatic heterocycles. The molecule has 1 atom stereocenters. The lowest BCUT2D eigenvalue weighted by atomic mass is 10.0. The normalized spacial score (nSPS) is 11.9. The molecule has 0 saturated heterocycles. The highest BCUT2D eigenvalue weighted by atomic mass is 19.1. The van der Waals surface area contributed by atoms with Gasteiger partial charge in [-0.15, -0.1) is 0 Å². The van der Waals surface area contributed by atoms with Crippen LogP contribution >= 0.6 is 0 Å². The third-order valence-corrected chi connectivity index (χ3v) is 5.56. The van der Waals surface area contributed by atoms with E-state index < -0.39 is 29.2 Å². The van der Waals surface area contributed by atoms with Gasteiger partial charge < -0.3 is 20.9 Å². The third kappa shape index (κ3) is 6.79. The minimum Gasteiger partial charge on any atom is -0.494 e. The number of hydrogen-bond donors (Lipinski definition) is 3. The summed E-state index contributed by atoms with van der Waals surface area (Å²) in [4.78, 5) is 36.7. The number of hydrogen-bond acceptors (Lipinski definition) is 6. The van der Waals surface area contributed by atoms with Crippen LogP contribution < -0.4 is 21.3 Å². The fourth-order valence-electron chi connectivity index (χ4n) is 3.74. The quantitative estimate of drug-likeness (QED) is 0.259. The average Bonchev–Trinajstić information content (AvgIpc) is 2.84. The lowest BCUT2D eigenvalue weighted by Gasteiger charge is -2.16. The number of pyridine rings is 1. The molecule has 190 valence electrons. The van der Waals surface area contributed by atoms with Gasteiger partial charge in [0.05, 0.1) is 17.9 Å². The number of anilines is 1. The van der Waals surface area contributed by atoms with Crippen LogP contribution in [-0.2, 0) is 4.79 Å². The maximum absolute atomic E-state index is 13.2. The number of halogens is 1. The van der Waals surface area contributed by atoms with E-state index in [0.29, 0.717) is 37.4 Å². The molecule has 0 aliphatic carbocycles. The zero-order valence-electron chi connectivity index (χ0n) is 20.2. The molecule has 2 aromatic carbocycles. The van der Waals surface area contributed by atoms with E-state index in [2.05, 4.69) is 5.32 Å². The van der Waals surface area contributed by atoms with E-state index in [0.717, 1.165) is 0 Å². The van der Waals surface area contributed by atoms with Crippen molar-refractivity contribution < 1.29 is 23.8 Å². The lowest BCUT2D eigenvalue weighted by molar-refractivity contribution is -0.139. The Morgan fingerprint density at radius 1 is 1.06 bits per heavy atom. The van der Waals surface area contributed by atoms with E-state index in [-0.39, 0.29) is 22.9 Å². The number of carbonyl (C=O) groups excluding carboxylic acids is 1. The number of carboxylic acid groups (broad SMARTS) is 1. The van der Waals surface area contributed by atoms with Crippen molar-refractivity contribution in [1.29, 1.82) is 0 Å². The summed E-state index contributed by atoms with van der Waals surface area (Å²) in [6, 6.07) is 13.8. The van der Waals surface area contributed by atoms with E-state index in [9.17, 15) is 23.9 Å². The van der Waals surface area contributed by atoms with Crippen molar-refractivity contribution in [2.45, 2.75) is 32.7 Å². The number of nitrogen functional groups attached to an aromatic ring is 1. The second-order valence-electron chi connectivity index (χ2n) is 8.81. The minimum absolute atomic E-state index is 0.0223. The molecule has 0 spiro atoms. The van der Waals surface area contributed by atoms with Crippen LogP contribution in [0.4, 0.5) is 10.2 Å². The number of aliphatic carboxylic acids is 1. The van der Waals surface area contributed by atoms with Crippen molar-refractivity contribution in [3.05, 3.63) is 88.0 Å². The fourth-order valence-corrected chi connectivity index (χ4v) is 3.74. The van der Waals surface area contributed by atoms with Gasteiger partial charge in [0.1, 0.15) is 23.4 Å². The molecular formula is C27H30FN3O5. The van der Waals surface area contributed by atoms with Gasteiger partial charge in [0.2, 0.25) is 0 Å². The van der Waals surface area contributed by atoms with Gasteiger partial charge in [0, 0.05) is 11.6 Å². The summed E-state index contributed by atoms with van der Waals surface area (Å²) in [6.45, 7) is 4.84. The monoisotopic (exact) mass is 495 g/mol. The van der Waals surface area contributed by atoms with Crippen LogP contribution in [0.2, 0.25) is 0 Å². The van der Waals surface area contributed by atoms with Gasteiger partial charge >= 0.3 is 5.97 Å². The Balaban J connectivity index is 1.64. The Bertz CT molecular complexity index is 1250. The second kappa shape index (κ2) is 12.1. The molecule has 4 N–H and O–H groups in total. The van der Waals surface area contributed by atoms with Crippen molar-refractivity contribution in [1.82, 2.24) is 9.88 Å². The Labute approximate surface area is 208 Å². The first-order chi connectivity index (χ1) is 17.2. The first-order valence-corrected chi connectivity index (χ1v) is 11.7. The standard InChI is InChI=1S/C27H30FN3O5/c1-17(2)16-23(27(34)35)30-14-3-15-36-21-10-8-20(9-11-21)31-24(32)13-12-22(26(31)29)25(33)18-4-6-19(28)7-5-18/h4-13,17,23,30H,3,14-16,29H2,1-2H3,(H,34,35). The van der Waals surface area contributed by atoms with Gasteiger partial charge in [0.15, 0.2) is 5.78 Å². The first kappa shape index (κ1) is 26.6. The number of benzene rings is 2. The highest BCUT2D eigenvalue weighted by molar-refractivity contribution is 6.11. The predicted molar refractivity (Wildman–Crippen MR) is 135 cm³/mol. The molecule has 36 heavy (non-hydrogen) atoms. The minimum atomic E-state index is -0.863. The molecule has 0 radical (unpaired) electrons. The molecule has 0 aliphatic rings.